The normalized spacial score (nSPS) is 26.5. The van der Waals surface area contributed by atoms with Crippen LogP contribution in [0.3, 0.4) is 0 Å². The number of furan rings is 1. The van der Waals surface area contributed by atoms with E-state index in [2.05, 4.69) is 15.0 Å². The minimum absolute atomic E-state index is 0.0563. The van der Waals surface area contributed by atoms with Crippen molar-refractivity contribution in [3.05, 3.63) is 18.4 Å². The maximum Gasteiger partial charge on any atom is 0.224 e. The number of nitrogens with two attached hydrogens (primary N) is 2. The summed E-state index contributed by atoms with van der Waals surface area (Å²) in [5.41, 5.74) is 12.0. The molecule has 0 aliphatic carbocycles. The van der Waals surface area contributed by atoms with Gasteiger partial charge < -0.3 is 35.9 Å². The molecule has 11 heteroatoms. The predicted molar refractivity (Wildman–Crippen MR) is 84.9 cm³/mol. The molecule has 0 radical (unpaired) electrons. The molecule has 0 amide bonds. The molecular formula is C14H16N6O5. The van der Waals surface area contributed by atoms with Gasteiger partial charge in [0.2, 0.25) is 5.95 Å². The highest BCUT2D eigenvalue weighted by Gasteiger charge is 2.45. The summed E-state index contributed by atoms with van der Waals surface area (Å²) in [6.45, 7) is -0.462. The zero-order valence-corrected chi connectivity index (χ0v) is 12.9. The molecule has 11 nitrogen and oxygen atoms in total. The van der Waals surface area contributed by atoms with Crippen LogP contribution in [-0.2, 0) is 4.74 Å². The molecule has 1 saturated heterocycles. The number of anilines is 2. The number of hydrogen-bond acceptors (Lipinski definition) is 10. The number of fused-ring (bicyclic) bond motifs is 1. The molecule has 0 bridgehead atoms. The van der Waals surface area contributed by atoms with Crippen molar-refractivity contribution in [3.63, 3.8) is 0 Å². The number of imidazole rings is 1. The van der Waals surface area contributed by atoms with Gasteiger partial charge in [-0.2, -0.15) is 9.97 Å². The summed E-state index contributed by atoms with van der Waals surface area (Å²) in [7, 11) is 0. The van der Waals surface area contributed by atoms with Gasteiger partial charge in [-0.1, -0.05) is 0 Å². The Kier molecular flexibility index (Phi) is 3.58. The molecular weight excluding hydrogens is 332 g/mol. The lowest BCUT2D eigenvalue weighted by Crippen LogP contribution is -2.33. The van der Waals surface area contributed by atoms with Crippen LogP contribution in [-0.4, -0.2) is 59.8 Å². The van der Waals surface area contributed by atoms with Crippen LogP contribution in [0.1, 0.15) is 6.23 Å². The third-order valence-electron chi connectivity index (χ3n) is 4.10. The second kappa shape index (κ2) is 5.67. The first-order valence-corrected chi connectivity index (χ1v) is 7.48. The maximum absolute atomic E-state index is 10.4. The van der Waals surface area contributed by atoms with Crippen molar-refractivity contribution in [1.82, 2.24) is 19.5 Å². The molecule has 1 fully saturated rings. The molecule has 25 heavy (non-hydrogen) atoms. The Hall–Kier alpha value is -2.73. The summed E-state index contributed by atoms with van der Waals surface area (Å²) in [5, 5.41) is 29.8. The minimum Gasteiger partial charge on any atom is -0.461 e. The summed E-state index contributed by atoms with van der Waals surface area (Å²) >= 11 is 0. The van der Waals surface area contributed by atoms with Crippen molar-refractivity contribution in [2.45, 2.75) is 24.5 Å². The van der Waals surface area contributed by atoms with Crippen LogP contribution >= 0.6 is 0 Å². The predicted octanol–water partition coefficient (Wildman–Crippen LogP) is -1.14. The van der Waals surface area contributed by atoms with Gasteiger partial charge in [-0.05, 0) is 12.1 Å². The van der Waals surface area contributed by atoms with Crippen LogP contribution in [0.15, 0.2) is 22.8 Å². The Morgan fingerprint density at radius 2 is 1.96 bits per heavy atom. The Balaban J connectivity index is 1.96. The largest absolute Gasteiger partial charge is 0.461 e. The van der Waals surface area contributed by atoms with E-state index in [1.165, 1.54) is 10.8 Å². The zero-order valence-electron chi connectivity index (χ0n) is 12.9. The van der Waals surface area contributed by atoms with Gasteiger partial charge in [0, 0.05) is 0 Å². The SMILES string of the molecule is Nc1nc(N)c2nc(-c3ccco3)n([C@@H]3O[C@H](CO)[C@@H](O)[C@H]3O)c2n1. The van der Waals surface area contributed by atoms with Crippen LogP contribution < -0.4 is 11.5 Å². The van der Waals surface area contributed by atoms with Crippen LogP contribution in [0.5, 0.6) is 0 Å². The van der Waals surface area contributed by atoms with Gasteiger partial charge in [-0.3, -0.25) is 4.57 Å². The molecule has 132 valence electrons. The summed E-state index contributed by atoms with van der Waals surface area (Å²) in [5.74, 6) is 0.611. The summed E-state index contributed by atoms with van der Waals surface area (Å²) in [6, 6.07) is 3.33. The third-order valence-corrected chi connectivity index (χ3v) is 4.10. The summed E-state index contributed by atoms with van der Waals surface area (Å²) in [4.78, 5) is 12.4. The third kappa shape index (κ3) is 2.33. The molecule has 4 heterocycles. The van der Waals surface area contributed by atoms with Crippen molar-refractivity contribution in [2.75, 3.05) is 18.1 Å². The van der Waals surface area contributed by atoms with Crippen molar-refractivity contribution in [3.8, 4) is 11.6 Å². The highest BCUT2D eigenvalue weighted by atomic mass is 16.6. The molecule has 0 spiro atoms. The van der Waals surface area contributed by atoms with Crippen molar-refractivity contribution < 1.29 is 24.5 Å². The highest BCUT2D eigenvalue weighted by Crippen LogP contribution is 2.36. The molecule has 3 aromatic heterocycles. The van der Waals surface area contributed by atoms with E-state index < -0.39 is 31.1 Å². The first-order valence-electron chi connectivity index (χ1n) is 7.48. The average molecular weight is 348 g/mol. The van der Waals surface area contributed by atoms with Gasteiger partial charge in [-0.15, -0.1) is 0 Å². The molecule has 0 saturated carbocycles. The summed E-state index contributed by atoms with van der Waals surface area (Å²) < 4.78 is 12.4. The number of aromatic nitrogens is 4. The van der Waals surface area contributed by atoms with E-state index in [1.807, 2.05) is 0 Å². The smallest absolute Gasteiger partial charge is 0.224 e. The molecule has 3 aromatic rings. The van der Waals surface area contributed by atoms with Gasteiger partial charge in [0.05, 0.1) is 12.9 Å². The lowest BCUT2D eigenvalue weighted by molar-refractivity contribution is -0.0504. The van der Waals surface area contributed by atoms with Gasteiger partial charge in [0.1, 0.15) is 18.3 Å². The quantitative estimate of drug-likeness (QED) is 0.388. The Morgan fingerprint density at radius 1 is 1.16 bits per heavy atom. The zero-order chi connectivity index (χ0) is 17.7. The second-order valence-corrected chi connectivity index (χ2v) is 5.65. The molecule has 7 N–H and O–H groups in total. The van der Waals surface area contributed by atoms with Crippen molar-refractivity contribution >= 4 is 22.9 Å². The lowest BCUT2D eigenvalue weighted by Gasteiger charge is -2.18. The topological polar surface area (TPSA) is 179 Å². The van der Waals surface area contributed by atoms with Crippen molar-refractivity contribution in [2.24, 2.45) is 0 Å². The van der Waals surface area contributed by atoms with Crippen LogP contribution in [0, 0.1) is 0 Å². The number of aliphatic hydroxyl groups excluding tert-OH is 3. The number of ether oxygens (including phenoxy) is 1. The Labute approximate surface area is 140 Å². The second-order valence-electron chi connectivity index (χ2n) is 5.65. The fourth-order valence-electron chi connectivity index (χ4n) is 2.93. The highest BCUT2D eigenvalue weighted by molar-refractivity contribution is 5.86. The molecule has 0 aromatic carbocycles. The van der Waals surface area contributed by atoms with E-state index in [4.69, 9.17) is 20.6 Å². The standard InChI is InChI=1S/C14H16N6O5/c15-10-7-12(19-14(16)18-10)20(11(17-7)5-2-1-3-24-5)13-9(23)8(22)6(4-21)25-13/h1-3,6,8-9,13,21-23H,4H2,(H4,15,16,18,19)/t6-,8-,9-,13-/m1/s1. The number of hydrogen-bond donors (Lipinski definition) is 5. The van der Waals surface area contributed by atoms with Crippen LogP contribution in [0.25, 0.3) is 22.7 Å². The Bertz CT molecular complexity index is 910. The van der Waals surface area contributed by atoms with E-state index in [9.17, 15) is 15.3 Å². The van der Waals surface area contributed by atoms with Crippen molar-refractivity contribution in [1.29, 1.82) is 0 Å². The first-order chi connectivity index (χ1) is 12.0. The maximum atomic E-state index is 10.4. The minimum atomic E-state index is -1.33. The molecule has 4 rings (SSSR count). The first kappa shape index (κ1) is 15.8. The molecule has 0 unspecified atom stereocenters. The molecule has 1 aliphatic rings. The fourth-order valence-corrected chi connectivity index (χ4v) is 2.93. The van der Waals surface area contributed by atoms with Crippen LogP contribution in [0.2, 0.25) is 0 Å². The number of nitrogens with zero attached hydrogens (tertiary/aromatic N) is 4. The van der Waals surface area contributed by atoms with E-state index in [1.54, 1.807) is 12.1 Å². The van der Waals surface area contributed by atoms with Gasteiger partial charge >= 0.3 is 0 Å². The van der Waals surface area contributed by atoms with Gasteiger partial charge in [0.25, 0.3) is 0 Å². The number of nitrogen functional groups attached to an aromatic ring is 2. The summed E-state index contributed by atoms with van der Waals surface area (Å²) in [6.07, 6.45) is -3.20. The van der Waals surface area contributed by atoms with E-state index >= 15 is 0 Å². The molecule has 4 atom stereocenters. The van der Waals surface area contributed by atoms with Gasteiger partial charge in [0.15, 0.2) is 34.8 Å². The number of aliphatic hydroxyl groups is 3. The number of rotatable bonds is 3. The van der Waals surface area contributed by atoms with E-state index in [0.717, 1.165) is 0 Å². The Morgan fingerprint density at radius 3 is 2.60 bits per heavy atom. The van der Waals surface area contributed by atoms with E-state index in [0.29, 0.717) is 5.76 Å². The average Bonchev–Trinajstić information content (AvgIpc) is 3.27. The van der Waals surface area contributed by atoms with Gasteiger partial charge in [-0.25, -0.2) is 4.98 Å². The lowest BCUT2D eigenvalue weighted by atomic mass is 10.1. The van der Waals surface area contributed by atoms with Crippen LogP contribution in [0.4, 0.5) is 11.8 Å². The monoisotopic (exact) mass is 348 g/mol. The van der Waals surface area contributed by atoms with E-state index in [-0.39, 0.29) is 28.8 Å². The fraction of sp³-hybridized carbons (Fsp3) is 0.357. The molecule has 1 aliphatic heterocycles.